The number of hydrogen-bond acceptors (Lipinski definition) is 2. The Morgan fingerprint density at radius 1 is 0.923 bits per heavy atom. The summed E-state index contributed by atoms with van der Waals surface area (Å²) in [6.07, 6.45) is 7.27. The van der Waals surface area contributed by atoms with Gasteiger partial charge in [0.05, 0.1) is 12.5 Å². The second-order valence-electron chi connectivity index (χ2n) is 2.79. The zero-order valence-electron chi connectivity index (χ0n) is 9.04. The predicted octanol–water partition coefficient (Wildman–Crippen LogP) is 3.57. The van der Waals surface area contributed by atoms with Crippen LogP contribution in [0.15, 0.2) is 24.7 Å². The van der Waals surface area contributed by atoms with Crippen molar-refractivity contribution in [2.45, 2.75) is 39.8 Å². The van der Waals surface area contributed by atoms with Crippen LogP contribution in [-0.4, -0.2) is 8.56 Å². The third-order valence-electron chi connectivity index (χ3n) is 1.92. The van der Waals surface area contributed by atoms with Crippen molar-refractivity contribution in [2.75, 3.05) is 0 Å². The standard InChI is InChI=1S/C10H20O2Si/c1-5-9-11-13(7-3,8-4)12-10-6-2/h5-6,9-10H,7-8H2,1-4H3. The van der Waals surface area contributed by atoms with Crippen molar-refractivity contribution in [1.29, 1.82) is 0 Å². The lowest BCUT2D eigenvalue weighted by Crippen LogP contribution is -2.37. The molecule has 76 valence electrons. The van der Waals surface area contributed by atoms with Gasteiger partial charge in [-0.2, -0.15) is 0 Å². The Hall–Kier alpha value is -0.703. The summed E-state index contributed by atoms with van der Waals surface area (Å²) in [4.78, 5) is 0. The first-order chi connectivity index (χ1) is 6.24. The van der Waals surface area contributed by atoms with Gasteiger partial charge in [0.15, 0.2) is 0 Å². The molecule has 0 radical (unpaired) electrons. The maximum Gasteiger partial charge on any atom is 0.459 e. The van der Waals surface area contributed by atoms with Crippen LogP contribution in [0.3, 0.4) is 0 Å². The highest BCUT2D eigenvalue weighted by Gasteiger charge is 2.35. The predicted molar refractivity (Wildman–Crippen MR) is 58.5 cm³/mol. The molecule has 0 bridgehead atoms. The minimum Gasteiger partial charge on any atom is -0.519 e. The van der Waals surface area contributed by atoms with E-state index in [1.165, 1.54) is 0 Å². The molecular formula is C10H20O2Si. The molecule has 0 aromatic rings. The average molecular weight is 200 g/mol. The van der Waals surface area contributed by atoms with Crippen LogP contribution in [0, 0.1) is 0 Å². The van der Waals surface area contributed by atoms with Gasteiger partial charge in [-0.05, 0) is 13.8 Å². The molecule has 0 aromatic heterocycles. The van der Waals surface area contributed by atoms with Crippen LogP contribution in [0.4, 0.5) is 0 Å². The molecule has 0 heterocycles. The normalized spacial score (nSPS) is 12.6. The zero-order chi connectivity index (χ0) is 10.2. The topological polar surface area (TPSA) is 18.5 Å². The van der Waals surface area contributed by atoms with Gasteiger partial charge in [0.1, 0.15) is 0 Å². The van der Waals surface area contributed by atoms with Crippen molar-refractivity contribution < 1.29 is 8.85 Å². The summed E-state index contributed by atoms with van der Waals surface area (Å²) in [7, 11) is -1.96. The van der Waals surface area contributed by atoms with E-state index in [1.807, 2.05) is 26.0 Å². The fourth-order valence-electron chi connectivity index (χ4n) is 0.995. The molecule has 0 saturated heterocycles. The molecule has 0 aliphatic carbocycles. The van der Waals surface area contributed by atoms with E-state index in [2.05, 4.69) is 13.8 Å². The van der Waals surface area contributed by atoms with E-state index in [-0.39, 0.29) is 0 Å². The average Bonchev–Trinajstić information content (AvgIpc) is 2.20. The van der Waals surface area contributed by atoms with Gasteiger partial charge in [0.25, 0.3) is 0 Å². The molecule has 0 spiro atoms. The molecule has 0 saturated carbocycles. The van der Waals surface area contributed by atoms with Crippen molar-refractivity contribution in [2.24, 2.45) is 0 Å². The second-order valence-corrected chi connectivity index (χ2v) is 6.50. The fourth-order valence-corrected chi connectivity index (χ4v) is 2.99. The van der Waals surface area contributed by atoms with Gasteiger partial charge in [-0.1, -0.05) is 26.0 Å². The number of hydrogen-bond donors (Lipinski definition) is 0. The monoisotopic (exact) mass is 200 g/mol. The Labute approximate surface area is 82.5 Å². The van der Waals surface area contributed by atoms with Crippen molar-refractivity contribution >= 4 is 8.56 Å². The second kappa shape index (κ2) is 6.77. The van der Waals surface area contributed by atoms with Crippen LogP contribution in [-0.2, 0) is 8.85 Å². The third-order valence-corrected chi connectivity index (χ3v) is 5.20. The Kier molecular flexibility index (Phi) is 6.41. The van der Waals surface area contributed by atoms with Crippen molar-refractivity contribution in [3.05, 3.63) is 24.7 Å². The van der Waals surface area contributed by atoms with Crippen LogP contribution >= 0.6 is 0 Å². The van der Waals surface area contributed by atoms with Crippen molar-refractivity contribution in [3.63, 3.8) is 0 Å². The molecule has 0 rings (SSSR count). The van der Waals surface area contributed by atoms with Gasteiger partial charge < -0.3 is 8.85 Å². The van der Waals surface area contributed by atoms with Crippen molar-refractivity contribution in [1.82, 2.24) is 0 Å². The van der Waals surface area contributed by atoms with Crippen LogP contribution in [0.2, 0.25) is 12.1 Å². The first kappa shape index (κ1) is 12.3. The molecule has 0 amide bonds. The highest BCUT2D eigenvalue weighted by atomic mass is 28.4. The summed E-state index contributed by atoms with van der Waals surface area (Å²) in [5.74, 6) is 0. The molecule has 3 heteroatoms. The number of allylic oxidation sites excluding steroid dienone is 2. The minimum atomic E-state index is -1.96. The van der Waals surface area contributed by atoms with Gasteiger partial charge >= 0.3 is 8.56 Å². The summed E-state index contributed by atoms with van der Waals surface area (Å²) in [5, 5.41) is 0. The number of rotatable bonds is 6. The molecule has 0 aromatic carbocycles. The Morgan fingerprint density at radius 2 is 1.31 bits per heavy atom. The summed E-state index contributed by atoms with van der Waals surface area (Å²) in [6.45, 7) is 8.12. The van der Waals surface area contributed by atoms with Gasteiger partial charge in [0, 0.05) is 12.1 Å². The third kappa shape index (κ3) is 4.17. The van der Waals surface area contributed by atoms with E-state index >= 15 is 0 Å². The largest absolute Gasteiger partial charge is 0.519 e. The van der Waals surface area contributed by atoms with E-state index in [1.54, 1.807) is 12.5 Å². The summed E-state index contributed by atoms with van der Waals surface area (Å²) < 4.78 is 11.3. The van der Waals surface area contributed by atoms with E-state index in [0.717, 1.165) is 12.1 Å². The Bertz CT molecular complexity index is 156. The minimum absolute atomic E-state index is 0.970. The lowest BCUT2D eigenvalue weighted by Gasteiger charge is -2.25. The van der Waals surface area contributed by atoms with Crippen LogP contribution in [0.5, 0.6) is 0 Å². The fraction of sp³-hybridized carbons (Fsp3) is 0.600. The summed E-state index contributed by atoms with van der Waals surface area (Å²) >= 11 is 0. The van der Waals surface area contributed by atoms with Gasteiger partial charge in [-0.25, -0.2) is 0 Å². The highest BCUT2D eigenvalue weighted by molar-refractivity contribution is 6.67. The highest BCUT2D eigenvalue weighted by Crippen LogP contribution is 2.19. The molecule has 0 fully saturated rings. The first-order valence-corrected chi connectivity index (χ1v) is 7.05. The maximum atomic E-state index is 5.66. The molecule has 0 unspecified atom stereocenters. The van der Waals surface area contributed by atoms with E-state index < -0.39 is 8.56 Å². The SMILES string of the molecule is CC=CO[Si](CC)(CC)OC=CC. The maximum absolute atomic E-state index is 5.66. The van der Waals surface area contributed by atoms with Gasteiger partial charge in [-0.15, -0.1) is 0 Å². The molecule has 0 aliphatic rings. The van der Waals surface area contributed by atoms with E-state index in [4.69, 9.17) is 8.85 Å². The van der Waals surface area contributed by atoms with Gasteiger partial charge in [0.2, 0.25) is 0 Å². The summed E-state index contributed by atoms with van der Waals surface area (Å²) in [6, 6.07) is 1.94. The lowest BCUT2D eigenvalue weighted by atomic mass is 10.7. The van der Waals surface area contributed by atoms with Crippen LogP contribution < -0.4 is 0 Å². The van der Waals surface area contributed by atoms with E-state index in [0.29, 0.717) is 0 Å². The summed E-state index contributed by atoms with van der Waals surface area (Å²) in [5.41, 5.74) is 0. The Balaban J connectivity index is 4.29. The smallest absolute Gasteiger partial charge is 0.459 e. The quantitative estimate of drug-likeness (QED) is 0.482. The molecule has 13 heavy (non-hydrogen) atoms. The molecule has 2 nitrogen and oxygen atoms in total. The molecule has 0 atom stereocenters. The molecular weight excluding hydrogens is 180 g/mol. The lowest BCUT2D eigenvalue weighted by molar-refractivity contribution is 0.303. The van der Waals surface area contributed by atoms with Crippen molar-refractivity contribution in [3.8, 4) is 0 Å². The van der Waals surface area contributed by atoms with Gasteiger partial charge in [-0.3, -0.25) is 0 Å². The molecule has 0 N–H and O–H groups in total. The Morgan fingerprint density at radius 3 is 1.54 bits per heavy atom. The van der Waals surface area contributed by atoms with Crippen LogP contribution in [0.1, 0.15) is 27.7 Å². The first-order valence-electron chi connectivity index (χ1n) is 4.82. The van der Waals surface area contributed by atoms with E-state index in [9.17, 15) is 0 Å². The molecule has 0 aliphatic heterocycles. The van der Waals surface area contributed by atoms with Crippen LogP contribution in [0.25, 0.3) is 0 Å². The zero-order valence-corrected chi connectivity index (χ0v) is 10.0.